The monoisotopic (exact) mass is 409 g/mol. The quantitative estimate of drug-likeness (QED) is 0.436. The zero-order valence-corrected chi connectivity index (χ0v) is 18.1. The van der Waals surface area contributed by atoms with Crippen molar-refractivity contribution in [2.45, 2.75) is 64.8 Å². The molecule has 1 saturated heterocycles. The van der Waals surface area contributed by atoms with Crippen molar-refractivity contribution in [3.05, 3.63) is 16.0 Å². The van der Waals surface area contributed by atoms with Crippen LogP contribution in [0.5, 0.6) is 0 Å². The van der Waals surface area contributed by atoms with Gasteiger partial charge < -0.3 is 20.3 Å². The third-order valence-corrected chi connectivity index (χ3v) is 6.93. The molecule has 0 bridgehead atoms. The predicted molar refractivity (Wildman–Crippen MR) is 116 cm³/mol. The predicted octanol–water partition coefficient (Wildman–Crippen LogP) is 3.96. The fourth-order valence-corrected chi connectivity index (χ4v) is 5.58. The van der Waals surface area contributed by atoms with E-state index < -0.39 is 0 Å². The van der Waals surface area contributed by atoms with Gasteiger partial charge in [0.1, 0.15) is 5.00 Å². The van der Waals surface area contributed by atoms with E-state index in [2.05, 4.69) is 22.5 Å². The maximum absolute atomic E-state index is 12.6. The van der Waals surface area contributed by atoms with Crippen LogP contribution in [0.25, 0.3) is 0 Å². The molecular weight excluding hydrogens is 378 g/mol. The lowest BCUT2D eigenvalue weighted by atomic mass is 10.1. The van der Waals surface area contributed by atoms with E-state index in [0.717, 1.165) is 56.7 Å². The highest BCUT2D eigenvalue weighted by Crippen LogP contribution is 2.38. The molecule has 1 aromatic heterocycles. The number of hydrogen-bond donors (Lipinski definition) is 2. The second-order valence-corrected chi connectivity index (χ2v) is 8.81. The summed E-state index contributed by atoms with van der Waals surface area (Å²) in [6.07, 6.45) is 7.74. The van der Waals surface area contributed by atoms with Crippen molar-refractivity contribution in [2.24, 2.45) is 0 Å². The maximum Gasteiger partial charge on any atom is 0.341 e. The van der Waals surface area contributed by atoms with E-state index in [9.17, 15) is 4.79 Å². The number of aryl methyl sites for hydroxylation is 1. The molecule has 1 aliphatic carbocycles. The van der Waals surface area contributed by atoms with E-state index in [4.69, 9.17) is 17.0 Å². The number of carbonyl (C=O) groups is 1. The standard InChI is InChI=1S/C20H31N3O2S2/c1-3-23-12-10-14(11-13-23)21-20(26)22-18-17(19(24)25-4-2)15-8-6-5-7-9-16(15)27-18/h14H,3-13H2,1-2H3,(H2,21,22,26). The molecule has 0 amide bonds. The summed E-state index contributed by atoms with van der Waals surface area (Å²) in [5.74, 6) is -0.224. The van der Waals surface area contributed by atoms with Crippen LogP contribution in [0.2, 0.25) is 0 Å². The molecule has 5 nitrogen and oxygen atoms in total. The maximum atomic E-state index is 12.6. The average molecular weight is 410 g/mol. The molecule has 27 heavy (non-hydrogen) atoms. The van der Waals surface area contributed by atoms with Gasteiger partial charge in [-0.15, -0.1) is 11.3 Å². The Kier molecular flexibility index (Phi) is 7.49. The lowest BCUT2D eigenvalue weighted by Gasteiger charge is -2.32. The van der Waals surface area contributed by atoms with Crippen LogP contribution in [0.15, 0.2) is 0 Å². The third kappa shape index (κ3) is 5.21. The molecule has 0 unspecified atom stereocenters. The Morgan fingerprint density at radius 2 is 1.96 bits per heavy atom. The van der Waals surface area contributed by atoms with Crippen LogP contribution in [0.4, 0.5) is 5.00 Å². The van der Waals surface area contributed by atoms with E-state index in [1.807, 2.05) is 6.92 Å². The molecule has 1 aromatic rings. The van der Waals surface area contributed by atoms with Gasteiger partial charge in [-0.2, -0.15) is 0 Å². The molecule has 2 aliphatic rings. The molecule has 1 aliphatic heterocycles. The number of likely N-dealkylation sites (tertiary alicyclic amines) is 1. The lowest BCUT2D eigenvalue weighted by Crippen LogP contribution is -2.45. The summed E-state index contributed by atoms with van der Waals surface area (Å²) in [5, 5.41) is 8.24. The van der Waals surface area contributed by atoms with Gasteiger partial charge in [-0.1, -0.05) is 13.3 Å². The second kappa shape index (κ2) is 9.85. The molecule has 150 valence electrons. The number of thiocarbonyl (C=S) groups is 1. The van der Waals surface area contributed by atoms with E-state index in [-0.39, 0.29) is 5.97 Å². The minimum absolute atomic E-state index is 0.224. The fourth-order valence-electron chi connectivity index (χ4n) is 3.97. The molecule has 1 fully saturated rings. The molecule has 2 N–H and O–H groups in total. The topological polar surface area (TPSA) is 53.6 Å². The summed E-state index contributed by atoms with van der Waals surface area (Å²) in [6, 6.07) is 0.400. The molecule has 7 heteroatoms. The van der Waals surface area contributed by atoms with Crippen molar-refractivity contribution in [3.63, 3.8) is 0 Å². The highest BCUT2D eigenvalue weighted by Gasteiger charge is 2.26. The summed E-state index contributed by atoms with van der Waals surface area (Å²) < 4.78 is 5.35. The molecule has 0 spiro atoms. The first-order valence-corrected chi connectivity index (χ1v) is 11.5. The van der Waals surface area contributed by atoms with Gasteiger partial charge >= 0.3 is 5.97 Å². The Morgan fingerprint density at radius 1 is 1.22 bits per heavy atom. The van der Waals surface area contributed by atoms with Crippen molar-refractivity contribution < 1.29 is 9.53 Å². The minimum Gasteiger partial charge on any atom is -0.462 e. The van der Waals surface area contributed by atoms with Crippen LogP contribution >= 0.6 is 23.6 Å². The van der Waals surface area contributed by atoms with Crippen LogP contribution in [-0.2, 0) is 17.6 Å². The van der Waals surface area contributed by atoms with Gasteiger partial charge in [-0.3, -0.25) is 0 Å². The third-order valence-electron chi connectivity index (χ3n) is 5.50. The van der Waals surface area contributed by atoms with Crippen molar-refractivity contribution in [1.82, 2.24) is 10.2 Å². The smallest absolute Gasteiger partial charge is 0.341 e. The second-order valence-electron chi connectivity index (χ2n) is 7.30. The van der Waals surface area contributed by atoms with E-state index in [1.165, 1.54) is 23.3 Å². The van der Waals surface area contributed by atoms with Gasteiger partial charge in [0.2, 0.25) is 0 Å². The fraction of sp³-hybridized carbons (Fsp3) is 0.700. The van der Waals surface area contributed by atoms with Crippen molar-refractivity contribution in [3.8, 4) is 0 Å². The SMILES string of the molecule is CCOC(=O)c1c(NC(=S)NC2CCN(CC)CC2)sc2c1CCCCC2. The first kappa shape index (κ1) is 20.6. The Balaban J connectivity index is 1.70. The van der Waals surface area contributed by atoms with Crippen LogP contribution in [0.1, 0.15) is 66.8 Å². The Labute approximate surface area is 171 Å². The normalized spacial score (nSPS) is 18.4. The van der Waals surface area contributed by atoms with Gasteiger partial charge in [0.25, 0.3) is 0 Å². The van der Waals surface area contributed by atoms with E-state index in [1.54, 1.807) is 11.3 Å². The Morgan fingerprint density at radius 3 is 2.67 bits per heavy atom. The van der Waals surface area contributed by atoms with Gasteiger partial charge in [0.05, 0.1) is 12.2 Å². The van der Waals surface area contributed by atoms with E-state index >= 15 is 0 Å². The van der Waals surface area contributed by atoms with Crippen LogP contribution in [0, 0.1) is 0 Å². The molecule has 0 atom stereocenters. The van der Waals surface area contributed by atoms with Gasteiger partial charge in [0.15, 0.2) is 5.11 Å². The lowest BCUT2D eigenvalue weighted by molar-refractivity contribution is 0.0527. The molecular formula is C20H31N3O2S2. The Hall–Kier alpha value is -1.18. The number of nitrogens with one attached hydrogen (secondary N) is 2. The number of piperidine rings is 1. The summed E-state index contributed by atoms with van der Waals surface area (Å²) in [5.41, 5.74) is 1.89. The number of fused-ring (bicyclic) bond motifs is 1. The summed E-state index contributed by atoms with van der Waals surface area (Å²) >= 11 is 7.25. The number of ether oxygens (including phenoxy) is 1. The average Bonchev–Trinajstić information content (AvgIpc) is 2.83. The number of thiophene rings is 1. The number of carbonyl (C=O) groups excluding carboxylic acids is 1. The number of anilines is 1. The zero-order chi connectivity index (χ0) is 19.2. The zero-order valence-electron chi connectivity index (χ0n) is 16.4. The molecule has 3 rings (SSSR count). The van der Waals surface area contributed by atoms with Crippen LogP contribution < -0.4 is 10.6 Å². The highest BCUT2D eigenvalue weighted by atomic mass is 32.1. The van der Waals surface area contributed by atoms with Gasteiger partial charge in [0, 0.05) is 24.0 Å². The Bertz CT molecular complexity index is 666. The molecule has 0 radical (unpaired) electrons. The molecule has 2 heterocycles. The van der Waals surface area contributed by atoms with Gasteiger partial charge in [-0.05, 0) is 69.8 Å². The number of hydrogen-bond acceptors (Lipinski definition) is 5. The molecule has 0 saturated carbocycles. The first-order chi connectivity index (χ1) is 13.1. The van der Waals surface area contributed by atoms with Crippen molar-refractivity contribution in [1.29, 1.82) is 0 Å². The number of rotatable bonds is 5. The van der Waals surface area contributed by atoms with Crippen molar-refractivity contribution >= 4 is 39.6 Å². The number of esters is 1. The highest BCUT2D eigenvalue weighted by molar-refractivity contribution is 7.80. The first-order valence-electron chi connectivity index (χ1n) is 10.2. The summed E-state index contributed by atoms with van der Waals surface area (Å²) in [6.45, 7) is 7.78. The summed E-state index contributed by atoms with van der Waals surface area (Å²) in [4.78, 5) is 16.4. The van der Waals surface area contributed by atoms with Crippen molar-refractivity contribution in [2.75, 3.05) is 31.6 Å². The van der Waals surface area contributed by atoms with Crippen LogP contribution in [0.3, 0.4) is 0 Å². The van der Waals surface area contributed by atoms with Gasteiger partial charge in [-0.25, -0.2) is 4.79 Å². The summed E-state index contributed by atoms with van der Waals surface area (Å²) in [7, 11) is 0. The molecule has 0 aromatic carbocycles. The van der Waals surface area contributed by atoms with Crippen LogP contribution in [-0.4, -0.2) is 48.3 Å². The number of nitrogens with zero attached hydrogens (tertiary/aromatic N) is 1. The minimum atomic E-state index is -0.224. The largest absolute Gasteiger partial charge is 0.462 e. The van der Waals surface area contributed by atoms with E-state index in [0.29, 0.717) is 23.3 Å².